The van der Waals surface area contributed by atoms with Crippen molar-refractivity contribution in [3.8, 4) is 0 Å². The van der Waals surface area contributed by atoms with Crippen LogP contribution in [0.5, 0.6) is 0 Å². The second kappa shape index (κ2) is 15.9. The van der Waals surface area contributed by atoms with E-state index in [2.05, 4.69) is 26.2 Å². The van der Waals surface area contributed by atoms with E-state index in [0.29, 0.717) is 24.8 Å². The second-order valence-electron chi connectivity index (χ2n) is 11.4. The topological polar surface area (TPSA) is 140 Å². The Bertz CT molecular complexity index is 1360. The molecule has 2 unspecified atom stereocenters. The number of pyridine rings is 1. The Morgan fingerprint density at radius 1 is 1.04 bits per heavy atom. The van der Waals surface area contributed by atoms with Crippen LogP contribution in [0.25, 0.3) is 0 Å². The number of aromatic nitrogens is 1. The summed E-state index contributed by atoms with van der Waals surface area (Å²) in [4.78, 5) is 30.0. The summed E-state index contributed by atoms with van der Waals surface area (Å²) in [6.45, 7) is 4.68. The largest absolute Gasteiger partial charge is 0.426 e. The molecule has 1 aliphatic rings. The molecule has 0 bridgehead atoms. The van der Waals surface area contributed by atoms with Crippen LogP contribution in [-0.4, -0.2) is 65.2 Å². The van der Waals surface area contributed by atoms with Crippen molar-refractivity contribution in [2.24, 2.45) is 0 Å². The van der Waals surface area contributed by atoms with Gasteiger partial charge in [0.15, 0.2) is 12.0 Å². The first kappa shape index (κ1) is 38.4. The molecule has 0 spiro atoms. The van der Waals surface area contributed by atoms with Crippen molar-refractivity contribution in [1.29, 1.82) is 0 Å². The molecule has 11 nitrogen and oxygen atoms in total. The summed E-state index contributed by atoms with van der Waals surface area (Å²) >= 11 is 2.63. The monoisotopic (exact) mass is 744 g/mol. The van der Waals surface area contributed by atoms with E-state index in [1.165, 1.54) is 32.9 Å². The molecule has 18 heteroatoms. The first-order chi connectivity index (χ1) is 21.8. The molecule has 1 aliphatic heterocycles. The van der Waals surface area contributed by atoms with E-state index in [9.17, 15) is 41.0 Å². The predicted molar refractivity (Wildman–Crippen MR) is 157 cm³/mol. The number of aliphatic hydroxyl groups excluding tert-OH is 1. The van der Waals surface area contributed by atoms with E-state index in [4.69, 9.17) is 18.9 Å². The highest BCUT2D eigenvalue weighted by molar-refractivity contribution is 9.10. The van der Waals surface area contributed by atoms with Gasteiger partial charge < -0.3 is 29.4 Å². The highest BCUT2D eigenvalue weighted by Gasteiger charge is 2.61. The fourth-order valence-electron chi connectivity index (χ4n) is 4.39. The van der Waals surface area contributed by atoms with Crippen LogP contribution in [0.1, 0.15) is 68.1 Å². The lowest BCUT2D eigenvalue weighted by Gasteiger charge is -2.34. The third kappa shape index (κ3) is 11.0. The average molecular weight is 746 g/mol. The number of nitrogens with one attached hydrogen (secondary N) is 3. The van der Waals surface area contributed by atoms with Gasteiger partial charge in [0, 0.05) is 0 Å². The molecule has 2 amide bonds. The van der Waals surface area contributed by atoms with Gasteiger partial charge in [0.1, 0.15) is 4.60 Å². The number of nitrogens with zero attached hydrogens (tertiary/aromatic N) is 1. The smallest absolute Gasteiger partial charge is 0.352 e. The van der Waals surface area contributed by atoms with Crippen LogP contribution in [0.15, 0.2) is 41.0 Å². The van der Waals surface area contributed by atoms with Crippen LogP contribution < -0.4 is 16.2 Å². The maximum Gasteiger partial charge on any atom is 0.426 e. The second-order valence-corrected chi connectivity index (χ2v) is 12.1. The molecule has 4 N–H and O–H groups in total. The van der Waals surface area contributed by atoms with Crippen LogP contribution in [0.3, 0.4) is 0 Å². The van der Waals surface area contributed by atoms with E-state index in [1.54, 1.807) is 29.1 Å². The van der Waals surface area contributed by atoms with E-state index >= 15 is 0 Å². The van der Waals surface area contributed by atoms with E-state index in [0.717, 1.165) is 0 Å². The summed E-state index contributed by atoms with van der Waals surface area (Å²) < 4.78 is 105. The van der Waals surface area contributed by atoms with Gasteiger partial charge >= 0.3 is 12.4 Å². The molecule has 0 radical (unpaired) electrons. The number of alkyl halides is 6. The fraction of sp³-hybridized carbons (Fsp3) is 0.552. The zero-order chi connectivity index (χ0) is 35.0. The van der Waals surface area contributed by atoms with Crippen molar-refractivity contribution in [3.05, 3.63) is 57.8 Å². The van der Waals surface area contributed by atoms with Gasteiger partial charge in [-0.05, 0) is 74.0 Å². The molecule has 47 heavy (non-hydrogen) atoms. The molecule has 2 heterocycles. The predicted octanol–water partition coefficient (Wildman–Crippen LogP) is 5.58. The number of rotatable bonds is 13. The van der Waals surface area contributed by atoms with Crippen molar-refractivity contribution in [1.82, 2.24) is 15.8 Å². The maximum absolute atomic E-state index is 14.7. The summed E-state index contributed by atoms with van der Waals surface area (Å²) in [6, 6.07) is 8.21. The molecule has 2 atom stereocenters. The Morgan fingerprint density at radius 2 is 1.68 bits per heavy atom. The van der Waals surface area contributed by atoms with Crippen LogP contribution in [-0.2, 0) is 36.5 Å². The number of hydrogen-bond acceptors (Lipinski definition) is 9. The summed E-state index contributed by atoms with van der Waals surface area (Å²) in [5, 5.41) is 12.4. The minimum atomic E-state index is -5.28. The molecule has 262 valence electrons. The van der Waals surface area contributed by atoms with Gasteiger partial charge in [-0.15, -0.1) is 0 Å². The van der Waals surface area contributed by atoms with Crippen molar-refractivity contribution in [3.63, 3.8) is 0 Å². The van der Waals surface area contributed by atoms with Crippen molar-refractivity contribution in [2.75, 3.05) is 18.5 Å². The number of carbonyl (C=O) groups excluding carboxylic acids is 2. The molecular weight excluding hydrogens is 710 g/mol. The highest BCUT2D eigenvalue weighted by atomic mass is 79.9. The van der Waals surface area contributed by atoms with Gasteiger partial charge in [0.25, 0.3) is 11.8 Å². The minimum Gasteiger partial charge on any atom is -0.352 e. The summed E-state index contributed by atoms with van der Waals surface area (Å²) in [5.41, 5.74) is -3.53. The van der Waals surface area contributed by atoms with Crippen molar-refractivity contribution >= 4 is 33.4 Å². The number of hydrogen-bond donors (Lipinski definition) is 4. The molecule has 0 saturated carbocycles. The van der Waals surface area contributed by atoms with Crippen LogP contribution in [0.2, 0.25) is 0 Å². The molecule has 1 saturated heterocycles. The Balaban J connectivity index is 1.87. The van der Waals surface area contributed by atoms with Crippen molar-refractivity contribution < 1.29 is 60.0 Å². The van der Waals surface area contributed by atoms with Crippen LogP contribution in [0, 0.1) is 0 Å². The number of ether oxygens (including phenoxy) is 4. The van der Waals surface area contributed by atoms with Gasteiger partial charge in [0.05, 0.1) is 36.7 Å². The number of unbranched alkanes of at least 4 members (excludes halogenated alkanes) is 1. The number of anilines is 1. The lowest BCUT2D eigenvalue weighted by molar-refractivity contribution is -0.273. The highest BCUT2D eigenvalue weighted by Crippen LogP contribution is 2.40. The molecule has 0 aliphatic carbocycles. The first-order valence-electron chi connectivity index (χ1n) is 14.3. The van der Waals surface area contributed by atoms with Crippen molar-refractivity contribution in [2.45, 2.75) is 89.3 Å². The summed E-state index contributed by atoms with van der Waals surface area (Å²) in [5.74, 6) is -3.22. The zero-order valence-electron chi connectivity index (χ0n) is 25.6. The summed E-state index contributed by atoms with van der Waals surface area (Å²) in [7, 11) is 0. The molecule has 1 aromatic heterocycles. The normalized spacial score (nSPS) is 16.4. The van der Waals surface area contributed by atoms with E-state index in [1.807, 2.05) is 0 Å². The number of carbonyl (C=O) groups is 2. The summed E-state index contributed by atoms with van der Waals surface area (Å²) in [6.07, 6.45) is -13.3. The lowest BCUT2D eigenvalue weighted by atomic mass is 9.93. The number of halogens is 7. The quantitative estimate of drug-likeness (QED) is 0.0681. The SMILES string of the molecule is CC(C)(C)OC(O)Nc1cc(C(F)(F)F)c(Br)nc1C(=O)NNC(=O)C(CCCCC1OCCO1)(OCc1ccccc1)C(F)(F)F. The van der Waals surface area contributed by atoms with Crippen LogP contribution in [0.4, 0.5) is 32.0 Å². The number of aliphatic hydroxyl groups is 1. The first-order valence-corrected chi connectivity index (χ1v) is 15.1. The number of amides is 2. The molecule has 1 aromatic carbocycles. The molecule has 1 fully saturated rings. The Labute approximate surface area is 274 Å². The van der Waals surface area contributed by atoms with Gasteiger partial charge in [-0.2, -0.15) is 26.3 Å². The fourth-order valence-corrected chi connectivity index (χ4v) is 4.90. The molecule has 2 aromatic rings. The van der Waals surface area contributed by atoms with Gasteiger partial charge in [-0.1, -0.05) is 30.3 Å². The number of hydrazine groups is 1. The van der Waals surface area contributed by atoms with Gasteiger partial charge in [-0.3, -0.25) is 20.4 Å². The Morgan fingerprint density at radius 3 is 2.26 bits per heavy atom. The van der Waals surface area contributed by atoms with Crippen LogP contribution >= 0.6 is 15.9 Å². The molecule has 3 rings (SSSR count). The van der Waals surface area contributed by atoms with E-state index < -0.39 is 82.6 Å². The average Bonchev–Trinajstić information content (AvgIpc) is 3.48. The standard InChI is InChI=1S/C29H35BrF6N4O7/c1-26(2,3)47-25(43)37-19-15-18(28(31,32)33)22(30)38-21(19)23(41)39-40-24(42)27(29(34,35)36,46-16-17-9-5-4-6-10-17)12-8-7-11-20-44-13-14-45-20/h4-6,9-10,15,20,25,37,43H,7-8,11-14,16H2,1-3H3,(H,39,41)(H,40,42). The Kier molecular flexibility index (Phi) is 13.0. The molecular formula is C29H35BrF6N4O7. The lowest BCUT2D eigenvalue weighted by Crippen LogP contribution is -2.61. The zero-order valence-corrected chi connectivity index (χ0v) is 27.1. The number of benzene rings is 1. The van der Waals surface area contributed by atoms with Gasteiger partial charge in [-0.25, -0.2) is 4.98 Å². The Hall–Kier alpha value is -3.03. The maximum atomic E-state index is 14.7. The third-order valence-electron chi connectivity index (χ3n) is 6.59. The van der Waals surface area contributed by atoms with E-state index in [-0.39, 0.29) is 19.3 Å². The van der Waals surface area contributed by atoms with Gasteiger partial charge in [0.2, 0.25) is 12.0 Å². The minimum absolute atomic E-state index is 0.161. The third-order valence-corrected chi connectivity index (χ3v) is 7.20.